The second-order valence-electron chi connectivity index (χ2n) is 3.65. The van der Waals surface area contributed by atoms with Crippen molar-refractivity contribution in [3.05, 3.63) is 29.8 Å². The lowest BCUT2D eigenvalue weighted by Crippen LogP contribution is -2.33. The Balaban J connectivity index is 2.67. The first-order valence-corrected chi connectivity index (χ1v) is 6.41. The van der Waals surface area contributed by atoms with E-state index in [1.807, 2.05) is 0 Å². The predicted octanol–water partition coefficient (Wildman–Crippen LogP) is 1.10. The number of rotatable bonds is 1. The highest BCUT2D eigenvalue weighted by Gasteiger charge is 2.38. The molecule has 1 aliphatic rings. The lowest BCUT2D eigenvalue weighted by Gasteiger charge is -2.14. The van der Waals surface area contributed by atoms with Gasteiger partial charge in [0, 0.05) is 0 Å². The maximum atomic E-state index is 11.8. The van der Waals surface area contributed by atoms with Gasteiger partial charge in [0.15, 0.2) is 0 Å². The Morgan fingerprint density at radius 1 is 1.27 bits per heavy atom. The van der Waals surface area contributed by atoms with Crippen LogP contribution in [0.1, 0.15) is 18.4 Å². The van der Waals surface area contributed by atoms with Crippen molar-refractivity contribution < 1.29 is 13.2 Å². The van der Waals surface area contributed by atoms with Crippen LogP contribution in [0.4, 0.5) is 5.69 Å². The summed E-state index contributed by atoms with van der Waals surface area (Å²) in [5.74, 6) is -0.755. The Morgan fingerprint density at radius 2 is 1.87 bits per heavy atom. The first-order valence-electron chi connectivity index (χ1n) is 4.56. The van der Waals surface area contributed by atoms with Gasteiger partial charge >= 0.3 is 0 Å². The van der Waals surface area contributed by atoms with Gasteiger partial charge in [-0.2, -0.15) is 0 Å². The minimum Gasteiger partial charge on any atom is -0.273 e. The Morgan fingerprint density at radius 3 is 2.47 bits per heavy atom. The molecule has 1 heterocycles. The minimum atomic E-state index is -3.51. The van der Waals surface area contributed by atoms with Crippen molar-refractivity contribution >= 4 is 21.6 Å². The number of hydrogen-bond acceptors (Lipinski definition) is 3. The molecule has 0 aliphatic carbocycles. The van der Waals surface area contributed by atoms with Gasteiger partial charge in [0.1, 0.15) is 0 Å². The van der Waals surface area contributed by atoms with Gasteiger partial charge in [-0.25, -0.2) is 12.7 Å². The first-order chi connectivity index (χ1) is 6.93. The number of anilines is 1. The number of hydrogen-bond donors (Lipinski definition) is 0. The van der Waals surface area contributed by atoms with Crippen LogP contribution in [0.15, 0.2) is 24.3 Å². The maximum Gasteiger partial charge on any atom is 0.248 e. The number of benzene rings is 1. The lowest BCUT2D eigenvalue weighted by atomic mass is 10.0. The van der Waals surface area contributed by atoms with Gasteiger partial charge in [0.25, 0.3) is 0 Å². The van der Waals surface area contributed by atoms with E-state index in [9.17, 15) is 13.2 Å². The summed E-state index contributed by atoms with van der Waals surface area (Å²) in [6.07, 6.45) is 1.04. The van der Waals surface area contributed by atoms with Crippen molar-refractivity contribution in [2.75, 3.05) is 10.6 Å². The van der Waals surface area contributed by atoms with Gasteiger partial charge in [-0.05, 0) is 18.6 Å². The Labute approximate surface area is 88.6 Å². The number of carbonyl (C=O) groups excluding carboxylic acids is 1. The van der Waals surface area contributed by atoms with Crippen molar-refractivity contribution in [1.82, 2.24) is 0 Å². The molecule has 0 saturated carbocycles. The number of sulfonamides is 1. The molecule has 0 N–H and O–H groups in total. The summed E-state index contributed by atoms with van der Waals surface area (Å²) in [6.45, 7) is 1.71. The van der Waals surface area contributed by atoms with E-state index >= 15 is 0 Å². The fraction of sp³-hybridized carbons (Fsp3) is 0.300. The molecular formula is C10H11NO3S. The second kappa shape index (κ2) is 3.06. The zero-order valence-corrected chi connectivity index (χ0v) is 9.28. The molecular weight excluding hydrogens is 214 g/mol. The van der Waals surface area contributed by atoms with Crippen molar-refractivity contribution in [3.63, 3.8) is 0 Å². The van der Waals surface area contributed by atoms with Crippen LogP contribution >= 0.6 is 0 Å². The molecule has 4 nitrogen and oxygen atoms in total. The number of amides is 1. The highest BCUT2D eigenvalue weighted by Crippen LogP contribution is 2.37. The highest BCUT2D eigenvalue weighted by atomic mass is 32.2. The molecule has 15 heavy (non-hydrogen) atoms. The summed E-state index contributed by atoms with van der Waals surface area (Å²) in [5, 5.41) is 0. The average molecular weight is 225 g/mol. The third-order valence-electron chi connectivity index (χ3n) is 2.52. The molecule has 1 atom stereocenters. The minimum absolute atomic E-state index is 0.376. The van der Waals surface area contributed by atoms with Gasteiger partial charge in [-0.3, -0.25) is 4.79 Å². The summed E-state index contributed by atoms with van der Waals surface area (Å²) in [4.78, 5) is 11.8. The SMILES string of the molecule is CC1C(=O)N(S(C)(=O)=O)c2ccccc21. The zero-order valence-electron chi connectivity index (χ0n) is 8.47. The molecule has 1 unspecified atom stereocenters. The van der Waals surface area contributed by atoms with Crippen molar-refractivity contribution in [1.29, 1.82) is 0 Å². The fourth-order valence-corrected chi connectivity index (χ4v) is 2.82. The summed E-state index contributed by atoms with van der Waals surface area (Å²) in [7, 11) is -3.51. The first kappa shape index (κ1) is 10.2. The van der Waals surface area contributed by atoms with E-state index in [2.05, 4.69) is 0 Å². The van der Waals surface area contributed by atoms with Crippen LogP contribution in [0, 0.1) is 0 Å². The number of carbonyl (C=O) groups is 1. The molecule has 5 heteroatoms. The molecule has 0 aromatic heterocycles. The predicted molar refractivity (Wildman–Crippen MR) is 57.2 cm³/mol. The summed E-state index contributed by atoms with van der Waals surface area (Å²) in [6, 6.07) is 6.96. The third-order valence-corrected chi connectivity index (χ3v) is 3.56. The zero-order chi connectivity index (χ0) is 11.2. The Kier molecular flexibility index (Phi) is 2.08. The Hall–Kier alpha value is -1.36. The number of fused-ring (bicyclic) bond motifs is 1. The van der Waals surface area contributed by atoms with Gasteiger partial charge in [0.05, 0.1) is 17.9 Å². The molecule has 1 aliphatic heterocycles. The standard InChI is InChI=1S/C10H11NO3S/c1-7-8-5-3-4-6-9(8)11(10(7)12)15(2,13)14/h3-7H,1-2H3. The van der Waals surface area contributed by atoms with E-state index < -0.39 is 10.0 Å². The van der Waals surface area contributed by atoms with E-state index in [0.717, 1.165) is 16.1 Å². The van der Waals surface area contributed by atoms with Crippen LogP contribution in [0.5, 0.6) is 0 Å². The Bertz CT molecular complexity index is 521. The quantitative estimate of drug-likeness (QED) is 0.719. The van der Waals surface area contributed by atoms with Crippen LogP contribution in [0.3, 0.4) is 0 Å². The lowest BCUT2D eigenvalue weighted by molar-refractivity contribution is -0.117. The summed E-state index contributed by atoms with van der Waals surface area (Å²) in [5.41, 5.74) is 1.26. The van der Waals surface area contributed by atoms with Crippen LogP contribution < -0.4 is 4.31 Å². The van der Waals surface area contributed by atoms with Crippen LogP contribution in [0.2, 0.25) is 0 Å². The van der Waals surface area contributed by atoms with E-state index in [1.54, 1.807) is 31.2 Å². The molecule has 80 valence electrons. The molecule has 0 spiro atoms. The molecule has 0 fully saturated rings. The van der Waals surface area contributed by atoms with E-state index in [0.29, 0.717) is 5.69 Å². The van der Waals surface area contributed by atoms with E-state index in [1.165, 1.54) is 0 Å². The van der Waals surface area contributed by atoms with Crippen molar-refractivity contribution in [3.8, 4) is 0 Å². The molecule has 0 saturated heterocycles. The van der Waals surface area contributed by atoms with Gasteiger partial charge in [0.2, 0.25) is 15.9 Å². The van der Waals surface area contributed by atoms with Gasteiger partial charge in [-0.1, -0.05) is 18.2 Å². The molecule has 1 amide bonds. The third kappa shape index (κ3) is 1.43. The summed E-state index contributed by atoms with van der Waals surface area (Å²) < 4.78 is 23.8. The molecule has 2 rings (SSSR count). The number of para-hydroxylation sites is 1. The molecule has 0 radical (unpaired) electrons. The van der Waals surface area contributed by atoms with Gasteiger partial charge < -0.3 is 0 Å². The maximum absolute atomic E-state index is 11.8. The van der Waals surface area contributed by atoms with Crippen molar-refractivity contribution in [2.45, 2.75) is 12.8 Å². The fourth-order valence-electron chi connectivity index (χ4n) is 1.81. The monoisotopic (exact) mass is 225 g/mol. The average Bonchev–Trinajstić information content (AvgIpc) is 2.39. The highest BCUT2D eigenvalue weighted by molar-refractivity contribution is 7.92. The van der Waals surface area contributed by atoms with E-state index in [-0.39, 0.29) is 11.8 Å². The molecule has 1 aromatic carbocycles. The van der Waals surface area contributed by atoms with Crippen molar-refractivity contribution in [2.24, 2.45) is 0 Å². The van der Waals surface area contributed by atoms with E-state index in [4.69, 9.17) is 0 Å². The second-order valence-corrected chi connectivity index (χ2v) is 5.48. The number of nitrogens with zero attached hydrogens (tertiary/aromatic N) is 1. The van der Waals surface area contributed by atoms with Gasteiger partial charge in [-0.15, -0.1) is 0 Å². The summed E-state index contributed by atoms with van der Waals surface area (Å²) >= 11 is 0. The molecule has 0 bridgehead atoms. The topological polar surface area (TPSA) is 54.5 Å². The van der Waals surface area contributed by atoms with Crippen LogP contribution in [0.25, 0.3) is 0 Å². The molecule has 1 aromatic rings. The normalized spacial score (nSPS) is 20.5. The smallest absolute Gasteiger partial charge is 0.248 e. The largest absolute Gasteiger partial charge is 0.273 e. The van der Waals surface area contributed by atoms with Crippen LogP contribution in [-0.2, 0) is 14.8 Å². The van der Waals surface area contributed by atoms with Crippen LogP contribution in [-0.4, -0.2) is 20.6 Å².